The smallest absolute Gasteiger partial charge is 0.240 e. The van der Waals surface area contributed by atoms with E-state index in [0.717, 1.165) is 31.4 Å². The van der Waals surface area contributed by atoms with Crippen LogP contribution in [0, 0.1) is 0 Å². The summed E-state index contributed by atoms with van der Waals surface area (Å²) in [6.07, 6.45) is 6.17. The van der Waals surface area contributed by atoms with Gasteiger partial charge in [0, 0.05) is 12.2 Å². The van der Waals surface area contributed by atoms with Crippen LogP contribution in [0.5, 0.6) is 0 Å². The molecular weight excluding hydrogens is 288 g/mol. The lowest BCUT2D eigenvalue weighted by Gasteiger charge is -2.27. The van der Waals surface area contributed by atoms with Crippen molar-refractivity contribution in [1.29, 1.82) is 0 Å². The molecule has 1 fully saturated rings. The molecule has 0 saturated heterocycles. The van der Waals surface area contributed by atoms with Crippen LogP contribution in [-0.4, -0.2) is 32.7 Å². The van der Waals surface area contributed by atoms with Crippen molar-refractivity contribution in [1.82, 2.24) is 4.72 Å². The van der Waals surface area contributed by atoms with Gasteiger partial charge < -0.3 is 10.4 Å². The Morgan fingerprint density at radius 1 is 1.10 bits per heavy atom. The number of nitrogens with one attached hydrogen (secondary N) is 2. The molecule has 3 N–H and O–H groups in total. The van der Waals surface area contributed by atoms with Crippen LogP contribution in [0.15, 0.2) is 29.2 Å². The first-order chi connectivity index (χ1) is 9.95. The van der Waals surface area contributed by atoms with E-state index in [0.29, 0.717) is 6.54 Å². The lowest BCUT2D eigenvalue weighted by molar-refractivity contribution is 0.0381. The second kappa shape index (κ2) is 6.77. The number of anilines is 1. The molecule has 5 nitrogen and oxygen atoms in total. The fraction of sp³-hybridized carbons (Fsp3) is 0.600. The van der Waals surface area contributed by atoms with Gasteiger partial charge in [-0.25, -0.2) is 13.1 Å². The zero-order valence-corrected chi connectivity index (χ0v) is 13.2. The third-order valence-electron chi connectivity index (χ3n) is 4.09. The van der Waals surface area contributed by atoms with Crippen LogP contribution in [-0.2, 0) is 10.0 Å². The molecule has 21 heavy (non-hydrogen) atoms. The highest BCUT2D eigenvalue weighted by Gasteiger charge is 2.27. The first-order valence-electron chi connectivity index (χ1n) is 7.45. The SMILES string of the molecule is CNS(=O)(=O)c1ccc(NCC2(O)CCCCCC2)cc1. The molecule has 6 heteroatoms. The summed E-state index contributed by atoms with van der Waals surface area (Å²) < 4.78 is 25.6. The van der Waals surface area contributed by atoms with Crippen molar-refractivity contribution in [2.75, 3.05) is 18.9 Å². The predicted octanol–water partition coefficient (Wildman–Crippen LogP) is 2.09. The summed E-state index contributed by atoms with van der Waals surface area (Å²) in [7, 11) is -2.00. The predicted molar refractivity (Wildman–Crippen MR) is 83.8 cm³/mol. The Morgan fingerprint density at radius 2 is 1.67 bits per heavy atom. The van der Waals surface area contributed by atoms with Crippen molar-refractivity contribution in [3.05, 3.63) is 24.3 Å². The first kappa shape index (κ1) is 16.3. The van der Waals surface area contributed by atoms with E-state index < -0.39 is 15.6 Å². The Morgan fingerprint density at radius 3 is 2.19 bits per heavy atom. The molecule has 1 aliphatic rings. The van der Waals surface area contributed by atoms with Gasteiger partial charge in [-0.3, -0.25) is 0 Å². The molecule has 0 heterocycles. The third kappa shape index (κ3) is 4.43. The highest BCUT2D eigenvalue weighted by atomic mass is 32.2. The van der Waals surface area contributed by atoms with Crippen LogP contribution < -0.4 is 10.0 Å². The number of rotatable bonds is 5. The summed E-state index contributed by atoms with van der Waals surface area (Å²) in [5, 5.41) is 13.8. The first-order valence-corrected chi connectivity index (χ1v) is 8.93. The monoisotopic (exact) mass is 312 g/mol. The maximum Gasteiger partial charge on any atom is 0.240 e. The Hall–Kier alpha value is -1.11. The van der Waals surface area contributed by atoms with Crippen LogP contribution in [0.2, 0.25) is 0 Å². The van der Waals surface area contributed by atoms with Gasteiger partial charge in [0.05, 0.1) is 10.5 Å². The molecule has 0 bridgehead atoms. The molecule has 1 aromatic rings. The molecule has 118 valence electrons. The van der Waals surface area contributed by atoms with Crippen LogP contribution in [0.25, 0.3) is 0 Å². The van der Waals surface area contributed by atoms with E-state index in [-0.39, 0.29) is 4.90 Å². The quantitative estimate of drug-likeness (QED) is 0.728. The molecule has 2 rings (SSSR count). The fourth-order valence-electron chi connectivity index (χ4n) is 2.70. The average molecular weight is 312 g/mol. The normalized spacial score (nSPS) is 19.0. The summed E-state index contributed by atoms with van der Waals surface area (Å²) in [5.74, 6) is 0. The van der Waals surface area contributed by atoms with Gasteiger partial charge in [0.2, 0.25) is 10.0 Å². The molecular formula is C15H24N2O3S. The van der Waals surface area contributed by atoms with Gasteiger partial charge in [-0.05, 0) is 44.2 Å². The van der Waals surface area contributed by atoms with Crippen molar-refractivity contribution in [2.24, 2.45) is 0 Å². The minimum atomic E-state index is -3.39. The summed E-state index contributed by atoms with van der Waals surface area (Å²) in [5.41, 5.74) is 0.175. The molecule has 0 radical (unpaired) electrons. The van der Waals surface area contributed by atoms with Crippen LogP contribution in [0.1, 0.15) is 38.5 Å². The third-order valence-corrected chi connectivity index (χ3v) is 5.52. The van der Waals surface area contributed by atoms with E-state index in [2.05, 4.69) is 10.0 Å². The summed E-state index contributed by atoms with van der Waals surface area (Å²) in [6.45, 7) is 0.505. The molecule has 1 aromatic carbocycles. The molecule has 1 saturated carbocycles. The highest BCUT2D eigenvalue weighted by Crippen LogP contribution is 2.27. The lowest BCUT2D eigenvalue weighted by Crippen LogP contribution is -2.36. The molecule has 0 atom stereocenters. The fourth-order valence-corrected chi connectivity index (χ4v) is 3.43. The topological polar surface area (TPSA) is 78.4 Å². The maximum absolute atomic E-state index is 11.6. The van der Waals surface area contributed by atoms with E-state index in [4.69, 9.17) is 0 Å². The van der Waals surface area contributed by atoms with Gasteiger partial charge in [0.25, 0.3) is 0 Å². The van der Waals surface area contributed by atoms with Gasteiger partial charge in [-0.2, -0.15) is 0 Å². The van der Waals surface area contributed by atoms with Crippen LogP contribution >= 0.6 is 0 Å². The summed E-state index contributed by atoms with van der Waals surface area (Å²) in [4.78, 5) is 0.240. The second-order valence-corrected chi connectivity index (χ2v) is 7.61. The zero-order valence-electron chi connectivity index (χ0n) is 12.4. The Bertz CT molecular complexity index is 547. The molecule has 0 aliphatic heterocycles. The number of benzene rings is 1. The van der Waals surface area contributed by atoms with E-state index in [1.807, 2.05) is 0 Å². The van der Waals surface area contributed by atoms with Crippen molar-refractivity contribution in [2.45, 2.75) is 49.0 Å². The van der Waals surface area contributed by atoms with Crippen molar-refractivity contribution >= 4 is 15.7 Å². The Labute approximate surface area is 126 Å². The maximum atomic E-state index is 11.6. The summed E-state index contributed by atoms with van der Waals surface area (Å²) >= 11 is 0. The van der Waals surface area contributed by atoms with Gasteiger partial charge in [-0.15, -0.1) is 0 Å². The van der Waals surface area contributed by atoms with Crippen molar-refractivity contribution in [3.63, 3.8) is 0 Å². The molecule has 0 aromatic heterocycles. The number of sulfonamides is 1. The Kier molecular flexibility index (Phi) is 5.24. The van der Waals surface area contributed by atoms with Crippen LogP contribution in [0.3, 0.4) is 0 Å². The average Bonchev–Trinajstić information content (AvgIpc) is 2.71. The number of hydrogen-bond acceptors (Lipinski definition) is 4. The van der Waals surface area contributed by atoms with Gasteiger partial charge in [0.1, 0.15) is 0 Å². The standard InChI is InChI=1S/C15H24N2O3S/c1-16-21(19,20)14-8-6-13(7-9-14)17-12-15(18)10-4-2-3-5-11-15/h6-9,16-18H,2-5,10-12H2,1H3. The van der Waals surface area contributed by atoms with Gasteiger partial charge in [0.15, 0.2) is 0 Å². The van der Waals surface area contributed by atoms with Crippen molar-refractivity contribution < 1.29 is 13.5 Å². The van der Waals surface area contributed by atoms with E-state index in [9.17, 15) is 13.5 Å². The van der Waals surface area contributed by atoms with Crippen LogP contribution in [0.4, 0.5) is 5.69 Å². The van der Waals surface area contributed by atoms with E-state index >= 15 is 0 Å². The van der Waals surface area contributed by atoms with Gasteiger partial charge >= 0.3 is 0 Å². The second-order valence-electron chi connectivity index (χ2n) is 5.72. The molecule has 0 amide bonds. The molecule has 1 aliphatic carbocycles. The van der Waals surface area contributed by atoms with Gasteiger partial charge in [-0.1, -0.05) is 25.7 Å². The van der Waals surface area contributed by atoms with E-state index in [1.54, 1.807) is 24.3 Å². The molecule has 0 unspecified atom stereocenters. The Balaban J connectivity index is 1.97. The van der Waals surface area contributed by atoms with Crippen molar-refractivity contribution in [3.8, 4) is 0 Å². The lowest BCUT2D eigenvalue weighted by atomic mass is 9.94. The largest absolute Gasteiger partial charge is 0.388 e. The highest BCUT2D eigenvalue weighted by molar-refractivity contribution is 7.89. The minimum Gasteiger partial charge on any atom is -0.388 e. The zero-order chi connectivity index (χ0) is 15.3. The number of hydrogen-bond donors (Lipinski definition) is 3. The minimum absolute atomic E-state index is 0.240. The summed E-state index contributed by atoms with van der Waals surface area (Å²) in [6, 6.07) is 6.57. The number of aliphatic hydroxyl groups is 1. The van der Waals surface area contributed by atoms with E-state index in [1.165, 1.54) is 19.9 Å². The molecule has 0 spiro atoms.